The molecule has 5 heteroatoms. The Morgan fingerprint density at radius 1 is 1.13 bits per heavy atom. The first-order valence-electron chi connectivity index (χ1n) is 11.8. The monoisotopic (exact) mass is 422 g/mol. The molecule has 5 rings (SSSR count). The molecule has 2 aliphatic carbocycles. The van der Waals surface area contributed by atoms with Crippen LogP contribution in [0.25, 0.3) is 0 Å². The summed E-state index contributed by atoms with van der Waals surface area (Å²) in [6.07, 6.45) is 8.80. The maximum atomic E-state index is 11.6. The Morgan fingerprint density at radius 2 is 1.97 bits per heavy atom. The summed E-state index contributed by atoms with van der Waals surface area (Å²) in [4.78, 5) is 7.05. The number of fused-ring (bicyclic) bond motifs is 1. The van der Waals surface area contributed by atoms with E-state index in [2.05, 4.69) is 41.1 Å². The standard InChI is InChI=1S/C26H34N2O3/c1-18-6-5-13-27-25(18)26(29)12-11-20-16-28(17-22(20)26)15-19-9-10-23(24(14-19)30-2)31-21-7-3-4-8-21/h5-6,9-10,13-14,20-22,29H,3-4,7-8,11-12,15-17H2,1-2H3/t20-,22+,26-/m0/s1. The number of aryl methyl sites for hydroxylation is 1. The van der Waals surface area contributed by atoms with Gasteiger partial charge in [0.1, 0.15) is 5.60 Å². The minimum absolute atomic E-state index is 0.243. The van der Waals surface area contributed by atoms with Crippen LogP contribution in [0.5, 0.6) is 11.5 Å². The fourth-order valence-electron chi connectivity index (χ4n) is 6.10. The summed E-state index contributed by atoms with van der Waals surface area (Å²) in [7, 11) is 1.72. The lowest BCUT2D eigenvalue weighted by Crippen LogP contribution is -2.36. The van der Waals surface area contributed by atoms with Crippen LogP contribution in [-0.2, 0) is 12.1 Å². The molecule has 31 heavy (non-hydrogen) atoms. The highest BCUT2D eigenvalue weighted by Gasteiger charge is 2.53. The van der Waals surface area contributed by atoms with E-state index in [1.807, 2.05) is 12.3 Å². The Hall–Kier alpha value is -2.11. The Balaban J connectivity index is 1.28. The topological polar surface area (TPSA) is 54.8 Å². The van der Waals surface area contributed by atoms with E-state index in [1.165, 1.54) is 18.4 Å². The van der Waals surface area contributed by atoms with Crippen LogP contribution < -0.4 is 9.47 Å². The Labute approximate surface area is 185 Å². The van der Waals surface area contributed by atoms with E-state index < -0.39 is 5.60 Å². The van der Waals surface area contributed by atoms with Gasteiger partial charge in [0.25, 0.3) is 0 Å². The van der Waals surface area contributed by atoms with Crippen LogP contribution >= 0.6 is 0 Å². The average molecular weight is 423 g/mol. The molecule has 3 fully saturated rings. The molecule has 1 aliphatic heterocycles. The lowest BCUT2D eigenvalue weighted by molar-refractivity contribution is -0.0114. The first-order valence-corrected chi connectivity index (χ1v) is 11.8. The van der Waals surface area contributed by atoms with Gasteiger partial charge in [-0.05, 0) is 80.7 Å². The van der Waals surface area contributed by atoms with Gasteiger partial charge in [-0.3, -0.25) is 9.88 Å². The van der Waals surface area contributed by atoms with Crippen molar-refractivity contribution in [2.75, 3.05) is 20.2 Å². The van der Waals surface area contributed by atoms with Gasteiger partial charge in [0, 0.05) is 31.7 Å². The summed E-state index contributed by atoms with van der Waals surface area (Å²) in [6, 6.07) is 10.4. The lowest BCUT2D eigenvalue weighted by atomic mass is 9.83. The highest BCUT2D eigenvalue weighted by atomic mass is 16.5. The number of ether oxygens (including phenoxy) is 2. The van der Waals surface area contributed by atoms with E-state index in [1.54, 1.807) is 7.11 Å². The minimum Gasteiger partial charge on any atom is -0.493 e. The molecule has 0 amide bonds. The summed E-state index contributed by atoms with van der Waals surface area (Å²) < 4.78 is 11.8. The zero-order valence-corrected chi connectivity index (χ0v) is 18.7. The van der Waals surface area contributed by atoms with Crippen molar-refractivity contribution in [3.05, 3.63) is 53.3 Å². The molecule has 2 aromatic rings. The summed E-state index contributed by atoms with van der Waals surface area (Å²) >= 11 is 0. The van der Waals surface area contributed by atoms with Gasteiger partial charge in [0.15, 0.2) is 11.5 Å². The van der Waals surface area contributed by atoms with E-state index >= 15 is 0 Å². The number of likely N-dealkylation sites (tertiary alicyclic amines) is 1. The summed E-state index contributed by atoms with van der Waals surface area (Å²) in [5.41, 5.74) is 2.39. The molecule has 0 unspecified atom stereocenters. The number of hydrogen-bond acceptors (Lipinski definition) is 5. The molecule has 2 saturated carbocycles. The maximum Gasteiger partial charge on any atom is 0.161 e. The van der Waals surface area contributed by atoms with Crippen molar-refractivity contribution in [3.63, 3.8) is 0 Å². The van der Waals surface area contributed by atoms with Crippen molar-refractivity contribution in [3.8, 4) is 11.5 Å². The molecule has 1 N–H and O–H groups in total. The smallest absolute Gasteiger partial charge is 0.161 e. The minimum atomic E-state index is -0.804. The fourth-order valence-corrected chi connectivity index (χ4v) is 6.10. The first kappa shape index (κ1) is 20.8. The van der Waals surface area contributed by atoms with Gasteiger partial charge in [-0.15, -0.1) is 0 Å². The van der Waals surface area contributed by atoms with Crippen molar-refractivity contribution in [2.45, 2.75) is 63.7 Å². The van der Waals surface area contributed by atoms with E-state index in [0.29, 0.717) is 12.0 Å². The summed E-state index contributed by atoms with van der Waals surface area (Å²) in [6.45, 7) is 4.85. The molecule has 1 aromatic heterocycles. The number of benzene rings is 1. The molecule has 5 nitrogen and oxygen atoms in total. The molecule has 3 aliphatic rings. The predicted molar refractivity (Wildman–Crippen MR) is 120 cm³/mol. The second kappa shape index (κ2) is 8.44. The van der Waals surface area contributed by atoms with Crippen molar-refractivity contribution in [2.24, 2.45) is 11.8 Å². The highest BCUT2D eigenvalue weighted by molar-refractivity contribution is 5.43. The van der Waals surface area contributed by atoms with Gasteiger partial charge in [0.2, 0.25) is 0 Å². The van der Waals surface area contributed by atoms with Gasteiger partial charge >= 0.3 is 0 Å². The van der Waals surface area contributed by atoms with Gasteiger partial charge in [0.05, 0.1) is 18.9 Å². The third-order valence-corrected chi connectivity index (χ3v) is 7.68. The van der Waals surface area contributed by atoms with Crippen molar-refractivity contribution in [1.82, 2.24) is 9.88 Å². The normalized spacial score (nSPS) is 28.7. The number of aliphatic hydroxyl groups is 1. The van der Waals surface area contributed by atoms with Crippen LogP contribution in [0.4, 0.5) is 0 Å². The van der Waals surface area contributed by atoms with Crippen molar-refractivity contribution < 1.29 is 14.6 Å². The second-order valence-corrected chi connectivity index (χ2v) is 9.70. The van der Waals surface area contributed by atoms with Crippen LogP contribution in [0.1, 0.15) is 55.3 Å². The summed E-state index contributed by atoms with van der Waals surface area (Å²) in [5, 5.41) is 11.6. The number of methoxy groups -OCH3 is 1. The van der Waals surface area contributed by atoms with Crippen LogP contribution in [0.2, 0.25) is 0 Å². The van der Waals surface area contributed by atoms with Gasteiger partial charge in [-0.1, -0.05) is 12.1 Å². The fraction of sp³-hybridized carbons (Fsp3) is 0.577. The third-order valence-electron chi connectivity index (χ3n) is 7.68. The number of hydrogen-bond donors (Lipinski definition) is 1. The Kier molecular flexibility index (Phi) is 5.65. The van der Waals surface area contributed by atoms with Crippen molar-refractivity contribution >= 4 is 0 Å². The van der Waals surface area contributed by atoms with Gasteiger partial charge in [-0.2, -0.15) is 0 Å². The van der Waals surface area contributed by atoms with E-state index in [9.17, 15) is 5.11 Å². The van der Waals surface area contributed by atoms with Crippen molar-refractivity contribution in [1.29, 1.82) is 0 Å². The Morgan fingerprint density at radius 3 is 2.74 bits per heavy atom. The molecule has 1 saturated heterocycles. The maximum absolute atomic E-state index is 11.6. The molecule has 0 spiro atoms. The SMILES string of the molecule is COc1cc(CN2C[C@@H]3CC[C@@](O)(c4ncccc4C)[C@@H]3C2)ccc1OC1CCCC1. The van der Waals surface area contributed by atoms with E-state index in [0.717, 1.165) is 68.1 Å². The first-order chi connectivity index (χ1) is 15.1. The number of rotatable bonds is 6. The number of pyridine rings is 1. The molecule has 0 bridgehead atoms. The van der Waals surface area contributed by atoms with Gasteiger partial charge in [-0.25, -0.2) is 0 Å². The molecular weight excluding hydrogens is 388 g/mol. The quantitative estimate of drug-likeness (QED) is 0.745. The molecular formula is C26H34N2O3. The number of nitrogens with zero attached hydrogens (tertiary/aromatic N) is 2. The van der Waals surface area contributed by atoms with E-state index in [4.69, 9.17) is 9.47 Å². The van der Waals surface area contributed by atoms with Crippen LogP contribution in [-0.4, -0.2) is 41.3 Å². The summed E-state index contributed by atoms with van der Waals surface area (Å²) in [5.74, 6) is 2.45. The molecule has 1 aromatic carbocycles. The molecule has 2 heterocycles. The predicted octanol–water partition coefficient (Wildman–Crippen LogP) is 4.45. The van der Waals surface area contributed by atoms with Gasteiger partial charge < -0.3 is 14.6 Å². The third kappa shape index (κ3) is 3.94. The molecule has 0 radical (unpaired) electrons. The van der Waals surface area contributed by atoms with Crippen LogP contribution in [0.15, 0.2) is 36.5 Å². The largest absolute Gasteiger partial charge is 0.493 e. The Bertz CT molecular complexity index is 927. The van der Waals surface area contributed by atoms with Crippen LogP contribution in [0.3, 0.4) is 0 Å². The second-order valence-electron chi connectivity index (χ2n) is 9.70. The highest BCUT2D eigenvalue weighted by Crippen LogP contribution is 2.50. The van der Waals surface area contributed by atoms with Crippen LogP contribution in [0, 0.1) is 18.8 Å². The zero-order valence-electron chi connectivity index (χ0n) is 18.7. The molecule has 3 atom stereocenters. The molecule has 166 valence electrons. The average Bonchev–Trinajstić information content (AvgIpc) is 3.49. The van der Waals surface area contributed by atoms with E-state index in [-0.39, 0.29) is 5.92 Å². The lowest BCUT2D eigenvalue weighted by Gasteiger charge is -2.31. The zero-order chi connectivity index (χ0) is 21.4. The number of aromatic nitrogens is 1.